The lowest BCUT2D eigenvalue weighted by atomic mass is 10.0. The summed E-state index contributed by atoms with van der Waals surface area (Å²) in [6.45, 7) is 1.06. The number of alkyl halides is 2. The number of rotatable bonds is 9. The molecule has 220 valence electrons. The molecule has 0 spiro atoms. The van der Waals surface area contributed by atoms with Crippen molar-refractivity contribution in [2.24, 2.45) is 5.92 Å². The van der Waals surface area contributed by atoms with Gasteiger partial charge in [-0.05, 0) is 75.1 Å². The first kappa shape index (κ1) is 28.2. The molecule has 2 unspecified atom stereocenters. The van der Waals surface area contributed by atoms with Gasteiger partial charge in [-0.15, -0.1) is 0 Å². The summed E-state index contributed by atoms with van der Waals surface area (Å²) in [6, 6.07) is 6.71. The Morgan fingerprint density at radius 3 is 2.41 bits per heavy atom. The maximum Gasteiger partial charge on any atom is 0.295 e. The number of carbonyl (C=O) groups is 1. The predicted octanol–water partition coefficient (Wildman–Crippen LogP) is 5.98. The predicted molar refractivity (Wildman–Crippen MR) is 148 cm³/mol. The van der Waals surface area contributed by atoms with Gasteiger partial charge in [-0.1, -0.05) is 6.07 Å². The molecule has 2 atom stereocenters. The fraction of sp³-hybridized carbons (Fsp3) is 0.552. The number of aromatic nitrogens is 3. The normalized spacial score (nSPS) is 21.9. The Labute approximate surface area is 237 Å². The molecule has 1 aliphatic carbocycles. The molecule has 0 amide bonds. The van der Waals surface area contributed by atoms with E-state index in [1.165, 1.54) is 4.57 Å². The molecule has 9 nitrogen and oxygen atoms in total. The van der Waals surface area contributed by atoms with Crippen LogP contribution in [0, 0.1) is 5.92 Å². The topological polar surface area (TPSA) is 112 Å². The Morgan fingerprint density at radius 1 is 1.02 bits per heavy atom. The van der Waals surface area contributed by atoms with Crippen molar-refractivity contribution in [1.82, 2.24) is 14.5 Å². The molecule has 6 rings (SSSR count). The van der Waals surface area contributed by atoms with Crippen molar-refractivity contribution in [3.8, 4) is 0 Å². The largest absolute Gasteiger partial charge is 0.374 e. The number of pyridine rings is 1. The summed E-state index contributed by atoms with van der Waals surface area (Å²) in [5, 5.41) is 3.16. The Balaban J connectivity index is 1.47. The van der Waals surface area contributed by atoms with Crippen molar-refractivity contribution in [3.05, 3.63) is 41.3 Å². The minimum absolute atomic E-state index is 0.00138. The number of ether oxygens (including phenoxy) is 2. The number of imidazole rings is 1. The van der Waals surface area contributed by atoms with E-state index >= 15 is 0 Å². The average Bonchev–Trinajstić information content (AvgIpc) is 3.74. The van der Waals surface area contributed by atoms with E-state index in [2.05, 4.69) is 15.3 Å². The van der Waals surface area contributed by atoms with Gasteiger partial charge in [0, 0.05) is 31.8 Å². The van der Waals surface area contributed by atoms with Crippen molar-refractivity contribution in [1.29, 1.82) is 0 Å². The van der Waals surface area contributed by atoms with Gasteiger partial charge in [-0.2, -0.15) is 0 Å². The highest BCUT2D eigenvalue weighted by Gasteiger charge is 2.32. The number of carbonyl (C=O) groups excluding carboxylic acids is 1. The van der Waals surface area contributed by atoms with E-state index in [4.69, 9.17) is 9.47 Å². The molecule has 2 aliphatic heterocycles. The van der Waals surface area contributed by atoms with E-state index in [0.29, 0.717) is 31.0 Å². The van der Waals surface area contributed by atoms with Gasteiger partial charge in [0.25, 0.3) is 6.43 Å². The van der Waals surface area contributed by atoms with Crippen LogP contribution in [0.1, 0.15) is 87.2 Å². The number of hydrogen-bond donors (Lipinski definition) is 1. The molecule has 3 fully saturated rings. The summed E-state index contributed by atoms with van der Waals surface area (Å²) in [7, 11) is -3.69. The number of nitrogens with zero attached hydrogens (tertiary/aromatic N) is 3. The molecular weight excluding hydrogens is 554 g/mol. The van der Waals surface area contributed by atoms with Crippen LogP contribution in [0.3, 0.4) is 0 Å². The zero-order chi connectivity index (χ0) is 28.7. The molecule has 3 aliphatic rings. The van der Waals surface area contributed by atoms with Gasteiger partial charge >= 0.3 is 0 Å². The number of benzene rings is 1. The number of ketones is 1. The fourth-order valence-electron chi connectivity index (χ4n) is 5.71. The highest BCUT2D eigenvalue weighted by Crippen LogP contribution is 2.38. The summed E-state index contributed by atoms with van der Waals surface area (Å²) in [5.74, 6) is -0.426. The van der Waals surface area contributed by atoms with Gasteiger partial charge < -0.3 is 14.8 Å². The van der Waals surface area contributed by atoms with E-state index in [1.807, 2.05) is 6.07 Å². The third kappa shape index (κ3) is 6.00. The van der Waals surface area contributed by atoms with Crippen molar-refractivity contribution in [2.45, 2.75) is 81.4 Å². The molecule has 1 saturated carbocycles. The molecular formula is C29H34F2N4O5S. The highest BCUT2D eigenvalue weighted by atomic mass is 32.2. The van der Waals surface area contributed by atoms with Crippen LogP contribution >= 0.6 is 0 Å². The number of anilines is 2. The van der Waals surface area contributed by atoms with E-state index in [-0.39, 0.29) is 46.0 Å². The number of sulfone groups is 1. The van der Waals surface area contributed by atoms with Crippen LogP contribution in [-0.2, 0) is 30.5 Å². The summed E-state index contributed by atoms with van der Waals surface area (Å²) in [4.78, 5) is 21.7. The lowest BCUT2D eigenvalue weighted by Gasteiger charge is -2.25. The molecule has 12 heteroatoms. The summed E-state index contributed by atoms with van der Waals surface area (Å²) in [6.07, 6.45) is 4.07. The second-order valence-electron chi connectivity index (χ2n) is 11.2. The lowest BCUT2D eigenvalue weighted by molar-refractivity contribution is -0.119. The molecule has 41 heavy (non-hydrogen) atoms. The van der Waals surface area contributed by atoms with Gasteiger partial charge in [0.05, 0.1) is 28.1 Å². The van der Waals surface area contributed by atoms with E-state index in [9.17, 15) is 22.0 Å². The van der Waals surface area contributed by atoms with Crippen molar-refractivity contribution in [3.63, 3.8) is 0 Å². The maximum atomic E-state index is 14.3. The molecule has 4 heterocycles. The minimum atomic E-state index is -3.69. The van der Waals surface area contributed by atoms with Gasteiger partial charge in [-0.25, -0.2) is 27.2 Å². The minimum Gasteiger partial charge on any atom is -0.374 e. The van der Waals surface area contributed by atoms with E-state index < -0.39 is 28.3 Å². The number of Topliss-reactive ketones (excluding diaryl/α,β-unsaturated/α-hetero) is 1. The lowest BCUT2D eigenvalue weighted by Crippen LogP contribution is -2.21. The monoisotopic (exact) mass is 588 g/mol. The van der Waals surface area contributed by atoms with Gasteiger partial charge in [0.15, 0.2) is 21.3 Å². The highest BCUT2D eigenvalue weighted by molar-refractivity contribution is 7.90. The second kappa shape index (κ2) is 11.4. The summed E-state index contributed by atoms with van der Waals surface area (Å²) in [5.41, 5.74) is 2.10. The van der Waals surface area contributed by atoms with Crippen LogP contribution < -0.4 is 5.32 Å². The zero-order valence-corrected chi connectivity index (χ0v) is 23.8. The van der Waals surface area contributed by atoms with Crippen molar-refractivity contribution < 1.29 is 31.5 Å². The van der Waals surface area contributed by atoms with Gasteiger partial charge in [0.2, 0.25) is 0 Å². The van der Waals surface area contributed by atoms with Crippen molar-refractivity contribution in [2.75, 3.05) is 24.8 Å². The Hall–Kier alpha value is -2.96. The standard InChI is InChI=1S/C29H34F2N4O5S/c1-41(37,38)24-14-18(23-6-2-4-12-39-23)10-11-20(24)33-21-15-19(16-22(36)17-8-9-17)32-28-26(21)34-29(27(30)31)35(28)25-7-3-5-13-40-25/h10-11,14-15,17,23,25,27H,2-9,12-13,16H2,1H3,(H,32,33). The Morgan fingerprint density at radius 2 is 1.78 bits per heavy atom. The van der Waals surface area contributed by atoms with E-state index in [0.717, 1.165) is 56.8 Å². The molecule has 2 saturated heterocycles. The van der Waals surface area contributed by atoms with Crippen LogP contribution in [0.4, 0.5) is 20.2 Å². The summed E-state index contributed by atoms with van der Waals surface area (Å²) < 4.78 is 67.5. The number of fused-ring (bicyclic) bond motifs is 1. The number of hydrogen-bond acceptors (Lipinski definition) is 8. The molecule has 0 bridgehead atoms. The van der Waals surface area contributed by atoms with Crippen LogP contribution in [0.5, 0.6) is 0 Å². The first-order valence-corrected chi connectivity index (χ1v) is 16.1. The van der Waals surface area contributed by atoms with Crippen LogP contribution in [-0.4, -0.2) is 48.2 Å². The first-order chi connectivity index (χ1) is 19.7. The SMILES string of the molecule is CS(=O)(=O)c1cc(C2CCCCO2)ccc1Nc1cc(CC(=O)C2CC2)nc2c1nc(C(F)F)n2C1CCCCO1. The number of halogens is 2. The molecule has 0 radical (unpaired) electrons. The third-order valence-electron chi connectivity index (χ3n) is 7.98. The molecule has 1 aromatic carbocycles. The fourth-order valence-corrected chi connectivity index (χ4v) is 6.58. The second-order valence-corrected chi connectivity index (χ2v) is 13.2. The molecule has 2 aromatic heterocycles. The van der Waals surface area contributed by atoms with E-state index in [1.54, 1.807) is 18.2 Å². The quantitative estimate of drug-likeness (QED) is 0.325. The average molecular weight is 589 g/mol. The first-order valence-electron chi connectivity index (χ1n) is 14.3. The van der Waals surface area contributed by atoms with Crippen molar-refractivity contribution >= 4 is 38.2 Å². The maximum absolute atomic E-state index is 14.3. The van der Waals surface area contributed by atoms with Crippen LogP contribution in [0.25, 0.3) is 11.2 Å². The van der Waals surface area contributed by atoms with Crippen LogP contribution in [0.2, 0.25) is 0 Å². The third-order valence-corrected chi connectivity index (χ3v) is 9.12. The number of nitrogens with one attached hydrogen (secondary N) is 1. The van der Waals surface area contributed by atoms with Crippen LogP contribution in [0.15, 0.2) is 29.2 Å². The van der Waals surface area contributed by atoms with Gasteiger partial charge in [0.1, 0.15) is 17.5 Å². The molecule has 3 aromatic rings. The van der Waals surface area contributed by atoms with Gasteiger partial charge in [-0.3, -0.25) is 9.36 Å². The summed E-state index contributed by atoms with van der Waals surface area (Å²) >= 11 is 0. The Bertz CT molecular complexity index is 1560. The Kier molecular flexibility index (Phi) is 7.82. The zero-order valence-electron chi connectivity index (χ0n) is 22.9. The molecule has 1 N–H and O–H groups in total. The smallest absolute Gasteiger partial charge is 0.295 e.